The largest absolute Gasteiger partial charge is 0.497 e. The number of benzene rings is 1. The van der Waals surface area contributed by atoms with Crippen molar-refractivity contribution in [3.05, 3.63) is 57.0 Å². The van der Waals surface area contributed by atoms with Gasteiger partial charge in [0.15, 0.2) is 5.16 Å². The van der Waals surface area contributed by atoms with E-state index in [0.29, 0.717) is 33.6 Å². The number of nitrogens with zero attached hydrogens (tertiary/aromatic N) is 1. The van der Waals surface area contributed by atoms with Crippen molar-refractivity contribution in [1.82, 2.24) is 9.97 Å². The third-order valence-corrected chi connectivity index (χ3v) is 5.18. The highest BCUT2D eigenvalue weighted by Crippen LogP contribution is 2.40. The van der Waals surface area contributed by atoms with Crippen LogP contribution in [-0.2, 0) is 9.53 Å². The van der Waals surface area contributed by atoms with Gasteiger partial charge in [0, 0.05) is 5.70 Å². The van der Waals surface area contributed by atoms with E-state index in [1.165, 1.54) is 11.8 Å². The monoisotopic (exact) mass is 401 g/mol. The maximum atomic E-state index is 13.0. The number of esters is 1. The summed E-state index contributed by atoms with van der Waals surface area (Å²) in [4.78, 5) is 33.1. The van der Waals surface area contributed by atoms with Crippen LogP contribution in [0.5, 0.6) is 5.75 Å². The Morgan fingerprint density at radius 2 is 2.11 bits per heavy atom. The van der Waals surface area contributed by atoms with Crippen LogP contribution in [0.4, 0.5) is 5.82 Å². The normalized spacial score (nSPS) is 15.6. The summed E-state index contributed by atoms with van der Waals surface area (Å²) in [5.74, 6) is 0.808. The fraction of sp³-hybridized carbons (Fsp3) is 0.350. The van der Waals surface area contributed by atoms with Gasteiger partial charge < -0.3 is 19.8 Å². The van der Waals surface area contributed by atoms with Crippen molar-refractivity contribution in [2.75, 3.05) is 24.8 Å². The molecule has 1 aliphatic rings. The predicted molar refractivity (Wildman–Crippen MR) is 109 cm³/mol. The lowest BCUT2D eigenvalue weighted by Gasteiger charge is -2.29. The molecule has 0 aliphatic carbocycles. The minimum absolute atomic E-state index is 0.244. The van der Waals surface area contributed by atoms with Gasteiger partial charge in [0.1, 0.15) is 11.6 Å². The van der Waals surface area contributed by atoms with Gasteiger partial charge in [0.05, 0.1) is 30.8 Å². The second kappa shape index (κ2) is 8.52. The molecule has 0 fully saturated rings. The number of rotatable bonds is 6. The number of aromatic amines is 1. The standard InChI is InChI=1S/C20H23N3O4S/c1-5-27-19(25)14-11(3)21-17-16(18(24)23-20(22-17)28-6-2)15(14)12-8-7-9-13(10-12)26-4/h7-10,15H,5-6H2,1-4H3,(H2,21,22,23,24). The molecule has 1 aliphatic heterocycles. The van der Waals surface area contributed by atoms with Gasteiger partial charge >= 0.3 is 5.97 Å². The van der Waals surface area contributed by atoms with E-state index in [1.54, 1.807) is 21.0 Å². The molecule has 2 N–H and O–H groups in total. The fourth-order valence-electron chi connectivity index (χ4n) is 3.27. The number of thioether (sulfide) groups is 1. The van der Waals surface area contributed by atoms with Crippen LogP contribution < -0.4 is 15.6 Å². The van der Waals surface area contributed by atoms with Gasteiger partial charge in [-0.25, -0.2) is 9.78 Å². The molecule has 1 unspecified atom stereocenters. The number of hydrogen-bond acceptors (Lipinski definition) is 7. The van der Waals surface area contributed by atoms with E-state index in [4.69, 9.17) is 9.47 Å². The van der Waals surface area contributed by atoms with Gasteiger partial charge in [0.25, 0.3) is 5.56 Å². The van der Waals surface area contributed by atoms with Crippen molar-refractivity contribution in [1.29, 1.82) is 0 Å². The summed E-state index contributed by atoms with van der Waals surface area (Å²) in [6.45, 7) is 5.77. The Balaban J connectivity index is 2.24. The molecule has 3 rings (SSSR count). The smallest absolute Gasteiger partial charge is 0.336 e. The summed E-state index contributed by atoms with van der Waals surface area (Å²) in [6, 6.07) is 7.33. The van der Waals surface area contributed by atoms with E-state index in [2.05, 4.69) is 15.3 Å². The summed E-state index contributed by atoms with van der Waals surface area (Å²) >= 11 is 1.45. The van der Waals surface area contributed by atoms with Crippen molar-refractivity contribution < 1.29 is 14.3 Å². The molecule has 8 heteroatoms. The van der Waals surface area contributed by atoms with Crippen LogP contribution in [0.3, 0.4) is 0 Å². The molecule has 0 spiro atoms. The summed E-state index contributed by atoms with van der Waals surface area (Å²) in [6.07, 6.45) is 0. The number of ether oxygens (including phenoxy) is 2. The van der Waals surface area contributed by atoms with Gasteiger partial charge in [0.2, 0.25) is 0 Å². The van der Waals surface area contributed by atoms with Crippen LogP contribution in [0.1, 0.15) is 37.8 Å². The summed E-state index contributed by atoms with van der Waals surface area (Å²) in [7, 11) is 1.57. The maximum Gasteiger partial charge on any atom is 0.336 e. The first-order valence-electron chi connectivity index (χ1n) is 9.06. The number of aromatic nitrogens is 2. The highest BCUT2D eigenvalue weighted by molar-refractivity contribution is 7.99. The number of fused-ring (bicyclic) bond motifs is 1. The van der Waals surface area contributed by atoms with E-state index >= 15 is 0 Å². The Morgan fingerprint density at radius 3 is 2.79 bits per heavy atom. The molecule has 0 saturated carbocycles. The highest BCUT2D eigenvalue weighted by atomic mass is 32.2. The zero-order chi connectivity index (χ0) is 20.3. The molecule has 2 aromatic rings. The number of anilines is 1. The van der Waals surface area contributed by atoms with Crippen LogP contribution in [0.15, 0.2) is 45.5 Å². The highest BCUT2D eigenvalue weighted by Gasteiger charge is 2.36. The van der Waals surface area contributed by atoms with Crippen LogP contribution in [0.2, 0.25) is 0 Å². The van der Waals surface area contributed by atoms with Crippen molar-refractivity contribution in [3.63, 3.8) is 0 Å². The van der Waals surface area contributed by atoms with Gasteiger partial charge in [-0.2, -0.15) is 0 Å². The maximum absolute atomic E-state index is 13.0. The SMILES string of the molecule is CCOC(=O)C1=C(C)Nc2nc(SCC)[nH]c(=O)c2C1c1cccc(OC)c1. The van der Waals surface area contributed by atoms with Crippen molar-refractivity contribution in [2.24, 2.45) is 0 Å². The third kappa shape index (κ3) is 3.77. The lowest BCUT2D eigenvalue weighted by atomic mass is 9.82. The summed E-state index contributed by atoms with van der Waals surface area (Å²) in [5, 5.41) is 3.66. The minimum atomic E-state index is -0.609. The van der Waals surface area contributed by atoms with Crippen molar-refractivity contribution in [2.45, 2.75) is 31.8 Å². The second-order valence-corrected chi connectivity index (χ2v) is 7.41. The average molecular weight is 401 g/mol. The van der Waals surface area contributed by atoms with Crippen LogP contribution >= 0.6 is 11.8 Å². The number of nitrogens with one attached hydrogen (secondary N) is 2. The minimum Gasteiger partial charge on any atom is -0.497 e. The number of methoxy groups -OCH3 is 1. The Labute approximate surface area is 167 Å². The first kappa shape index (κ1) is 20.0. The van der Waals surface area contributed by atoms with Gasteiger partial charge in [-0.15, -0.1) is 0 Å². The predicted octanol–water partition coefficient (Wildman–Crippen LogP) is 3.29. The number of carbonyl (C=O) groups excluding carboxylic acids is 1. The van der Waals surface area contributed by atoms with Gasteiger partial charge in [-0.05, 0) is 37.3 Å². The quantitative estimate of drug-likeness (QED) is 0.436. The summed E-state index contributed by atoms with van der Waals surface area (Å²) in [5.41, 5.74) is 1.88. The van der Waals surface area contributed by atoms with Crippen LogP contribution in [0.25, 0.3) is 0 Å². The van der Waals surface area contributed by atoms with E-state index in [1.807, 2.05) is 31.2 Å². The topological polar surface area (TPSA) is 93.3 Å². The fourth-order valence-corrected chi connectivity index (χ4v) is 3.86. The lowest BCUT2D eigenvalue weighted by molar-refractivity contribution is -0.138. The van der Waals surface area contributed by atoms with Crippen LogP contribution in [0, 0.1) is 0 Å². The zero-order valence-corrected chi connectivity index (χ0v) is 17.1. The Kier molecular flexibility index (Phi) is 6.08. The van der Waals surface area contributed by atoms with E-state index in [0.717, 1.165) is 11.3 Å². The lowest BCUT2D eigenvalue weighted by Crippen LogP contribution is -2.31. The van der Waals surface area contributed by atoms with E-state index < -0.39 is 11.9 Å². The number of allylic oxidation sites excluding steroid dienone is 1. The average Bonchev–Trinajstić information content (AvgIpc) is 2.67. The zero-order valence-electron chi connectivity index (χ0n) is 16.3. The van der Waals surface area contributed by atoms with E-state index in [-0.39, 0.29) is 12.2 Å². The molecule has 28 heavy (non-hydrogen) atoms. The second-order valence-electron chi connectivity index (χ2n) is 6.16. The molecule has 1 aromatic heterocycles. The molecule has 2 heterocycles. The Hall–Kier alpha value is -2.74. The van der Waals surface area contributed by atoms with E-state index in [9.17, 15) is 9.59 Å². The van der Waals surface area contributed by atoms with Crippen molar-refractivity contribution >= 4 is 23.5 Å². The number of H-pyrrole nitrogens is 1. The molecule has 7 nitrogen and oxygen atoms in total. The molecule has 0 saturated heterocycles. The van der Waals surface area contributed by atoms with Gasteiger partial charge in [-0.3, -0.25) is 4.79 Å². The molecular formula is C20H23N3O4S. The molecule has 1 atom stereocenters. The number of carbonyl (C=O) groups is 1. The Morgan fingerprint density at radius 1 is 1.32 bits per heavy atom. The summed E-state index contributed by atoms with van der Waals surface area (Å²) < 4.78 is 10.6. The molecule has 0 radical (unpaired) electrons. The molecule has 0 bridgehead atoms. The van der Waals surface area contributed by atoms with Gasteiger partial charge in [-0.1, -0.05) is 30.8 Å². The molecular weight excluding hydrogens is 378 g/mol. The first-order chi connectivity index (χ1) is 13.5. The van der Waals surface area contributed by atoms with Crippen molar-refractivity contribution in [3.8, 4) is 5.75 Å². The number of hydrogen-bond donors (Lipinski definition) is 2. The third-order valence-electron chi connectivity index (χ3n) is 4.42. The molecule has 1 aromatic carbocycles. The first-order valence-corrected chi connectivity index (χ1v) is 10.0. The molecule has 0 amide bonds. The Bertz CT molecular complexity index is 984. The van der Waals surface area contributed by atoms with Crippen LogP contribution in [-0.4, -0.2) is 35.4 Å². The molecule has 148 valence electrons.